The fourth-order valence-electron chi connectivity index (χ4n) is 3.33. The van der Waals surface area contributed by atoms with Crippen LogP contribution in [0.1, 0.15) is 54.2 Å². The third-order valence-corrected chi connectivity index (χ3v) is 5.52. The van der Waals surface area contributed by atoms with E-state index >= 15 is 0 Å². The van der Waals surface area contributed by atoms with Crippen molar-refractivity contribution in [3.8, 4) is 0 Å². The Balaban J connectivity index is 1.33. The van der Waals surface area contributed by atoms with Crippen LogP contribution in [-0.2, 0) is 11.3 Å². The van der Waals surface area contributed by atoms with Gasteiger partial charge in [0.25, 0.3) is 0 Å². The smallest absolute Gasteiger partial charge is 0.249 e. The lowest BCUT2D eigenvalue weighted by molar-refractivity contribution is -0.119. The number of carbonyl (C=O) groups excluding carboxylic acids is 1. The number of likely N-dealkylation sites (tertiary alicyclic amines) is 1. The van der Waals surface area contributed by atoms with Crippen LogP contribution in [0.5, 0.6) is 0 Å². The number of aromatic nitrogens is 2. The highest BCUT2D eigenvalue weighted by molar-refractivity contribution is 7.09. The van der Waals surface area contributed by atoms with E-state index in [0.29, 0.717) is 18.2 Å². The summed E-state index contributed by atoms with van der Waals surface area (Å²) in [5.41, 5.74) is 0. The Morgan fingerprint density at radius 2 is 2.22 bits per heavy atom. The minimum atomic E-state index is -0.0948. The predicted molar refractivity (Wildman–Crippen MR) is 86.0 cm³/mol. The van der Waals surface area contributed by atoms with Gasteiger partial charge in [0.15, 0.2) is 5.82 Å². The fourth-order valence-corrected chi connectivity index (χ4v) is 4.07. The highest BCUT2D eigenvalue weighted by atomic mass is 32.1. The summed E-state index contributed by atoms with van der Waals surface area (Å²) < 4.78 is 5.37. The minimum Gasteiger partial charge on any atom is -0.344 e. The molecule has 2 aliphatic rings. The first-order valence-electron chi connectivity index (χ1n) is 8.15. The second kappa shape index (κ2) is 6.41. The lowest BCUT2D eigenvalue weighted by Crippen LogP contribution is -2.32. The van der Waals surface area contributed by atoms with Crippen LogP contribution in [0.15, 0.2) is 22.0 Å². The van der Waals surface area contributed by atoms with Gasteiger partial charge in [0.1, 0.15) is 6.04 Å². The van der Waals surface area contributed by atoms with Crippen LogP contribution in [0.4, 0.5) is 0 Å². The van der Waals surface area contributed by atoms with Crippen LogP contribution in [0, 0.1) is 0 Å². The van der Waals surface area contributed by atoms with Crippen LogP contribution in [0.2, 0.25) is 0 Å². The molecular weight excluding hydrogens is 312 g/mol. The molecule has 0 radical (unpaired) electrons. The minimum absolute atomic E-state index is 0.0663. The molecule has 4 heterocycles. The Hall–Kier alpha value is -1.73. The Morgan fingerprint density at radius 1 is 1.35 bits per heavy atom. The summed E-state index contributed by atoms with van der Waals surface area (Å²) in [5, 5.41) is 9.16. The van der Waals surface area contributed by atoms with Crippen molar-refractivity contribution in [2.24, 2.45) is 0 Å². The van der Waals surface area contributed by atoms with Gasteiger partial charge in [0.05, 0.1) is 0 Å². The zero-order valence-electron chi connectivity index (χ0n) is 12.9. The molecule has 2 aliphatic heterocycles. The molecule has 1 N–H and O–H groups in total. The zero-order valence-corrected chi connectivity index (χ0v) is 13.7. The molecule has 23 heavy (non-hydrogen) atoms. The van der Waals surface area contributed by atoms with Gasteiger partial charge in [-0.05, 0) is 43.8 Å². The molecule has 2 aromatic heterocycles. The Kier molecular flexibility index (Phi) is 4.13. The second-order valence-electron chi connectivity index (χ2n) is 6.28. The van der Waals surface area contributed by atoms with E-state index in [1.807, 2.05) is 11.3 Å². The number of thiophene rings is 1. The van der Waals surface area contributed by atoms with Crippen molar-refractivity contribution < 1.29 is 9.32 Å². The number of nitrogens with zero attached hydrogens (tertiary/aromatic N) is 3. The topological polar surface area (TPSA) is 71.3 Å². The normalized spacial score (nSPS) is 23.3. The number of carbonyl (C=O) groups is 1. The van der Waals surface area contributed by atoms with Crippen LogP contribution < -0.4 is 5.32 Å². The molecule has 7 heteroatoms. The van der Waals surface area contributed by atoms with E-state index in [4.69, 9.17) is 4.52 Å². The van der Waals surface area contributed by atoms with Crippen molar-refractivity contribution in [1.82, 2.24) is 20.4 Å². The molecule has 4 rings (SSSR count). The van der Waals surface area contributed by atoms with E-state index in [-0.39, 0.29) is 11.9 Å². The first kappa shape index (κ1) is 14.8. The SMILES string of the molecule is O=C1CC[C@H](c2nc(C3CCN(Cc4cccs4)CC3)no2)N1. The summed E-state index contributed by atoms with van der Waals surface area (Å²) in [6.45, 7) is 3.16. The van der Waals surface area contributed by atoms with E-state index in [1.165, 1.54) is 4.88 Å². The monoisotopic (exact) mass is 332 g/mol. The van der Waals surface area contributed by atoms with Gasteiger partial charge in [-0.25, -0.2) is 0 Å². The number of rotatable bonds is 4. The van der Waals surface area contributed by atoms with Gasteiger partial charge in [0.2, 0.25) is 11.8 Å². The second-order valence-corrected chi connectivity index (χ2v) is 7.31. The zero-order chi connectivity index (χ0) is 15.6. The number of nitrogens with one attached hydrogen (secondary N) is 1. The summed E-state index contributed by atoms with van der Waals surface area (Å²) in [5.74, 6) is 1.80. The van der Waals surface area contributed by atoms with Crippen molar-refractivity contribution in [2.75, 3.05) is 13.1 Å². The van der Waals surface area contributed by atoms with Crippen molar-refractivity contribution >= 4 is 17.2 Å². The van der Waals surface area contributed by atoms with Gasteiger partial charge in [-0.2, -0.15) is 4.98 Å². The van der Waals surface area contributed by atoms with E-state index in [1.54, 1.807) is 0 Å². The van der Waals surface area contributed by atoms with Crippen molar-refractivity contribution in [3.63, 3.8) is 0 Å². The van der Waals surface area contributed by atoms with Gasteiger partial charge < -0.3 is 9.84 Å². The average Bonchev–Trinajstić information content (AvgIpc) is 3.29. The van der Waals surface area contributed by atoms with Crippen LogP contribution in [0.3, 0.4) is 0 Å². The summed E-state index contributed by atoms with van der Waals surface area (Å²) in [4.78, 5) is 19.7. The summed E-state index contributed by atoms with van der Waals surface area (Å²) >= 11 is 1.82. The standard InChI is InChI=1S/C16H20N4O2S/c21-14-4-3-13(17-14)16-18-15(19-22-16)11-5-7-20(8-6-11)10-12-2-1-9-23-12/h1-2,9,11,13H,3-8,10H2,(H,17,21)/t13-/m1/s1. The molecule has 0 aromatic carbocycles. The third kappa shape index (κ3) is 3.30. The van der Waals surface area contributed by atoms with E-state index < -0.39 is 0 Å². The van der Waals surface area contributed by atoms with Gasteiger partial charge >= 0.3 is 0 Å². The average molecular weight is 332 g/mol. The molecule has 1 atom stereocenters. The molecule has 6 nitrogen and oxygen atoms in total. The van der Waals surface area contributed by atoms with Gasteiger partial charge in [-0.3, -0.25) is 9.69 Å². The predicted octanol–water partition coefficient (Wildman–Crippen LogP) is 2.46. The van der Waals surface area contributed by atoms with E-state index in [9.17, 15) is 4.79 Å². The molecule has 0 bridgehead atoms. The maximum Gasteiger partial charge on any atom is 0.249 e. The van der Waals surface area contributed by atoms with Gasteiger partial charge in [-0.1, -0.05) is 11.2 Å². The molecule has 122 valence electrons. The van der Waals surface area contributed by atoms with Crippen molar-refractivity contribution in [2.45, 2.75) is 44.2 Å². The van der Waals surface area contributed by atoms with Gasteiger partial charge in [-0.15, -0.1) is 11.3 Å². The summed E-state index contributed by atoms with van der Waals surface area (Å²) in [6, 6.07) is 4.20. The molecule has 2 fully saturated rings. The molecule has 0 aliphatic carbocycles. The molecular formula is C16H20N4O2S. The molecule has 0 saturated carbocycles. The number of hydrogen-bond donors (Lipinski definition) is 1. The lowest BCUT2D eigenvalue weighted by Gasteiger charge is -2.30. The Bertz CT molecular complexity index is 661. The molecule has 0 unspecified atom stereocenters. The number of amides is 1. The third-order valence-electron chi connectivity index (χ3n) is 4.66. The first-order valence-corrected chi connectivity index (χ1v) is 9.03. The van der Waals surface area contributed by atoms with Crippen LogP contribution >= 0.6 is 11.3 Å². The first-order chi connectivity index (χ1) is 11.3. The summed E-state index contributed by atoms with van der Waals surface area (Å²) in [6.07, 6.45) is 3.41. The Labute approximate surface area is 138 Å². The Morgan fingerprint density at radius 3 is 2.91 bits per heavy atom. The van der Waals surface area contributed by atoms with Crippen LogP contribution in [0.25, 0.3) is 0 Å². The quantitative estimate of drug-likeness (QED) is 0.931. The fraction of sp³-hybridized carbons (Fsp3) is 0.562. The van der Waals surface area contributed by atoms with Crippen LogP contribution in [-0.4, -0.2) is 34.0 Å². The molecule has 2 aromatic rings. The van der Waals surface area contributed by atoms with Gasteiger partial charge in [0, 0.05) is 23.8 Å². The molecule has 2 saturated heterocycles. The molecule has 0 spiro atoms. The number of piperidine rings is 1. The van der Waals surface area contributed by atoms with E-state index in [2.05, 4.69) is 37.9 Å². The largest absolute Gasteiger partial charge is 0.344 e. The van der Waals surface area contributed by atoms with E-state index in [0.717, 1.165) is 44.7 Å². The highest BCUT2D eigenvalue weighted by Crippen LogP contribution is 2.29. The highest BCUT2D eigenvalue weighted by Gasteiger charge is 2.30. The van der Waals surface area contributed by atoms with Crippen molar-refractivity contribution in [1.29, 1.82) is 0 Å². The lowest BCUT2D eigenvalue weighted by atomic mass is 9.96. The number of hydrogen-bond acceptors (Lipinski definition) is 6. The maximum atomic E-state index is 11.3. The maximum absolute atomic E-state index is 11.3. The van der Waals surface area contributed by atoms with Crippen molar-refractivity contribution in [3.05, 3.63) is 34.1 Å². The molecule has 1 amide bonds. The summed E-state index contributed by atoms with van der Waals surface area (Å²) in [7, 11) is 0.